The summed E-state index contributed by atoms with van der Waals surface area (Å²) in [5.41, 5.74) is 4.06. The Morgan fingerprint density at radius 3 is 2.61 bits per heavy atom. The third-order valence-corrected chi connectivity index (χ3v) is 4.58. The molecule has 0 aliphatic rings. The Kier molecular flexibility index (Phi) is 4.77. The highest BCUT2D eigenvalue weighted by Gasteiger charge is 2.05. The minimum absolute atomic E-state index is 0.447. The van der Waals surface area contributed by atoms with Gasteiger partial charge in [-0.2, -0.15) is 4.52 Å². The van der Waals surface area contributed by atoms with E-state index in [0.717, 1.165) is 33.5 Å². The second kappa shape index (κ2) is 6.97. The van der Waals surface area contributed by atoms with Crippen LogP contribution in [0, 0.1) is 0 Å². The third kappa shape index (κ3) is 3.62. The number of hydrogen-bond acceptors (Lipinski definition) is 3. The van der Waals surface area contributed by atoms with Crippen molar-refractivity contribution < 1.29 is 14.2 Å². The van der Waals surface area contributed by atoms with Crippen molar-refractivity contribution >= 4 is 24.7 Å². The molecule has 0 aliphatic heterocycles. The molecule has 1 N–H and O–H groups in total. The highest BCUT2D eigenvalue weighted by atomic mass is 31.1. The van der Waals surface area contributed by atoms with Crippen molar-refractivity contribution in [2.45, 2.75) is 6.92 Å². The van der Waals surface area contributed by atoms with Gasteiger partial charge in [-0.3, -0.25) is 0 Å². The van der Waals surface area contributed by atoms with E-state index in [9.17, 15) is 4.89 Å². The lowest BCUT2D eigenvalue weighted by Gasteiger charge is -1.99. The first-order valence-electron chi connectivity index (χ1n) is 7.41. The largest absolute Gasteiger partial charge is 0.603 e. The van der Waals surface area contributed by atoms with Gasteiger partial charge in [0, 0.05) is 22.2 Å². The standard InChI is InChI=1S/C18H18NO3P/c1-3-22-23(20)12-13-4-6-14(7-5-13)18-11-15-10-16(21-2)8-9-17(15)19-18/h4-12,19H,3H2,1-2H3. The summed E-state index contributed by atoms with van der Waals surface area (Å²) >= 11 is 0. The summed E-state index contributed by atoms with van der Waals surface area (Å²) in [4.78, 5) is 15.0. The van der Waals surface area contributed by atoms with E-state index in [1.165, 1.54) is 0 Å². The third-order valence-electron chi connectivity index (χ3n) is 3.56. The first-order valence-corrected chi connectivity index (χ1v) is 8.65. The van der Waals surface area contributed by atoms with Crippen LogP contribution < -0.4 is 9.63 Å². The van der Waals surface area contributed by atoms with E-state index in [1.807, 2.05) is 49.4 Å². The first-order chi connectivity index (χ1) is 11.2. The van der Waals surface area contributed by atoms with Gasteiger partial charge in [-0.15, -0.1) is 0 Å². The number of benzene rings is 2. The van der Waals surface area contributed by atoms with Crippen LogP contribution >= 0.6 is 8.00 Å². The molecule has 3 rings (SSSR count). The zero-order valence-electron chi connectivity index (χ0n) is 13.1. The normalized spacial score (nSPS) is 11.9. The number of aromatic nitrogens is 1. The average Bonchev–Trinajstić information content (AvgIpc) is 2.98. The van der Waals surface area contributed by atoms with Gasteiger partial charge in [0.05, 0.1) is 13.7 Å². The Morgan fingerprint density at radius 2 is 1.91 bits per heavy atom. The lowest BCUT2D eigenvalue weighted by molar-refractivity contribution is -0.171. The van der Waals surface area contributed by atoms with E-state index < -0.39 is 8.00 Å². The van der Waals surface area contributed by atoms with Gasteiger partial charge in [0.25, 0.3) is 0 Å². The summed E-state index contributed by atoms with van der Waals surface area (Å²) in [6, 6.07) is 15.9. The molecule has 5 heteroatoms. The molecule has 0 saturated heterocycles. The van der Waals surface area contributed by atoms with Crippen molar-refractivity contribution in [1.29, 1.82) is 0 Å². The zero-order valence-corrected chi connectivity index (χ0v) is 14.0. The number of ether oxygens (including phenoxy) is 1. The van der Waals surface area contributed by atoms with Crippen LogP contribution in [0.3, 0.4) is 0 Å². The Balaban J connectivity index is 1.88. The number of aromatic amines is 1. The van der Waals surface area contributed by atoms with Crippen LogP contribution in [0.4, 0.5) is 0 Å². The molecule has 0 amide bonds. The predicted octanol–water partition coefficient (Wildman–Crippen LogP) is 3.70. The highest BCUT2D eigenvalue weighted by molar-refractivity contribution is 7.45. The molecule has 1 unspecified atom stereocenters. The SMILES string of the molecule is CCO[P+]([O-])=Cc1ccc(-c2cc3cc(OC)ccc3[nH]2)cc1. The Hall–Kier alpha value is -2.13. The molecular weight excluding hydrogens is 309 g/mol. The fourth-order valence-corrected chi connectivity index (χ4v) is 3.17. The predicted molar refractivity (Wildman–Crippen MR) is 94.0 cm³/mol. The first kappa shape index (κ1) is 15.8. The van der Waals surface area contributed by atoms with E-state index in [2.05, 4.69) is 11.1 Å². The van der Waals surface area contributed by atoms with Gasteiger partial charge in [0.1, 0.15) is 11.5 Å². The van der Waals surface area contributed by atoms with E-state index in [1.54, 1.807) is 12.9 Å². The van der Waals surface area contributed by atoms with Crippen LogP contribution in [0.25, 0.3) is 22.2 Å². The summed E-state index contributed by atoms with van der Waals surface area (Å²) in [7, 11) is -0.0758. The van der Waals surface area contributed by atoms with E-state index in [-0.39, 0.29) is 0 Å². The molecular formula is C18H18NO3P. The van der Waals surface area contributed by atoms with Crippen molar-refractivity contribution in [3.05, 3.63) is 54.1 Å². The second-order valence-electron chi connectivity index (χ2n) is 5.09. The number of fused-ring (bicyclic) bond motifs is 1. The lowest BCUT2D eigenvalue weighted by Crippen LogP contribution is -1.95. The number of rotatable bonds is 5. The molecule has 0 aliphatic carbocycles. The minimum atomic E-state index is -1.74. The molecule has 1 atom stereocenters. The number of nitrogens with one attached hydrogen (secondary N) is 1. The molecule has 0 bridgehead atoms. The second-order valence-corrected chi connectivity index (χ2v) is 6.18. The maximum Gasteiger partial charge on any atom is 0.221 e. The lowest BCUT2D eigenvalue weighted by atomic mass is 10.1. The summed E-state index contributed by atoms with van der Waals surface area (Å²) in [6.07, 6.45) is 0. The Morgan fingerprint density at radius 1 is 1.13 bits per heavy atom. The van der Waals surface area contributed by atoms with E-state index in [4.69, 9.17) is 9.26 Å². The number of hydrogen-bond donors (Lipinski definition) is 1. The summed E-state index contributed by atoms with van der Waals surface area (Å²) in [5.74, 6) is 2.48. The molecule has 3 aromatic rings. The summed E-state index contributed by atoms with van der Waals surface area (Å²) in [5, 5.41) is 1.11. The molecule has 2 aromatic carbocycles. The topological polar surface area (TPSA) is 57.3 Å². The number of methoxy groups -OCH3 is 1. The van der Waals surface area contributed by atoms with Crippen molar-refractivity contribution in [2.24, 2.45) is 0 Å². The van der Waals surface area contributed by atoms with Crippen molar-refractivity contribution in [3.63, 3.8) is 0 Å². The van der Waals surface area contributed by atoms with Gasteiger partial charge in [-0.25, -0.2) is 0 Å². The van der Waals surface area contributed by atoms with Crippen LogP contribution in [0.1, 0.15) is 12.5 Å². The molecule has 1 heterocycles. The van der Waals surface area contributed by atoms with Crippen molar-refractivity contribution in [1.82, 2.24) is 4.98 Å². The monoisotopic (exact) mass is 327 g/mol. The van der Waals surface area contributed by atoms with Gasteiger partial charge in [0.15, 0.2) is 0 Å². The smallest absolute Gasteiger partial charge is 0.221 e. The van der Waals surface area contributed by atoms with Crippen LogP contribution in [0.15, 0.2) is 48.5 Å². The fourth-order valence-electron chi connectivity index (χ4n) is 2.43. The van der Waals surface area contributed by atoms with Gasteiger partial charge in [-0.05, 0) is 36.8 Å². The van der Waals surface area contributed by atoms with Crippen LogP contribution in [0.5, 0.6) is 5.75 Å². The summed E-state index contributed by atoms with van der Waals surface area (Å²) in [6.45, 7) is 2.28. The zero-order chi connectivity index (χ0) is 16.2. The van der Waals surface area contributed by atoms with Crippen LogP contribution in [-0.2, 0) is 4.52 Å². The van der Waals surface area contributed by atoms with Crippen LogP contribution in [0.2, 0.25) is 0 Å². The maximum absolute atomic E-state index is 11.6. The van der Waals surface area contributed by atoms with Gasteiger partial charge in [-0.1, -0.05) is 24.3 Å². The molecule has 4 nitrogen and oxygen atoms in total. The molecule has 0 fully saturated rings. The highest BCUT2D eigenvalue weighted by Crippen LogP contribution is 2.27. The molecule has 0 saturated carbocycles. The van der Waals surface area contributed by atoms with E-state index in [0.29, 0.717) is 6.61 Å². The fraction of sp³-hybridized carbons (Fsp3) is 0.167. The minimum Gasteiger partial charge on any atom is -0.603 e. The van der Waals surface area contributed by atoms with Gasteiger partial charge < -0.3 is 14.6 Å². The molecule has 0 spiro atoms. The van der Waals surface area contributed by atoms with Gasteiger partial charge >= 0.3 is 0 Å². The Bertz CT molecular complexity index is 837. The molecule has 0 radical (unpaired) electrons. The quantitative estimate of drug-likeness (QED) is 0.727. The summed E-state index contributed by atoms with van der Waals surface area (Å²) < 4.78 is 10.3. The molecule has 118 valence electrons. The van der Waals surface area contributed by atoms with E-state index >= 15 is 0 Å². The molecule has 23 heavy (non-hydrogen) atoms. The average molecular weight is 327 g/mol. The van der Waals surface area contributed by atoms with Crippen LogP contribution in [-0.4, -0.2) is 24.5 Å². The van der Waals surface area contributed by atoms with Crippen molar-refractivity contribution in [2.75, 3.05) is 13.7 Å². The molecule has 1 aromatic heterocycles. The van der Waals surface area contributed by atoms with Gasteiger partial charge in [0.2, 0.25) is 8.00 Å². The van der Waals surface area contributed by atoms with Crippen molar-refractivity contribution in [3.8, 4) is 17.0 Å². The maximum atomic E-state index is 11.6. The Labute approximate surface area is 136 Å². The number of H-pyrrole nitrogens is 1.